The van der Waals surface area contributed by atoms with Gasteiger partial charge < -0.3 is 15.4 Å². The molecule has 2 amide bonds. The molecule has 6 nitrogen and oxygen atoms in total. The van der Waals surface area contributed by atoms with Crippen LogP contribution < -0.4 is 10.6 Å². The van der Waals surface area contributed by atoms with E-state index in [-0.39, 0.29) is 35.2 Å². The van der Waals surface area contributed by atoms with Crippen LogP contribution in [0.3, 0.4) is 0 Å². The molecule has 0 heterocycles. The minimum atomic E-state index is -4.58. The van der Waals surface area contributed by atoms with Crippen LogP contribution in [0, 0.1) is 5.92 Å². The summed E-state index contributed by atoms with van der Waals surface area (Å²) in [5, 5.41) is 5.17. The van der Waals surface area contributed by atoms with Crippen LogP contribution in [-0.2, 0) is 22.3 Å². The normalized spacial score (nSPS) is 11.2. The zero-order valence-electron chi connectivity index (χ0n) is 16.6. The first-order valence-corrected chi connectivity index (χ1v) is 9.00. The third-order valence-corrected chi connectivity index (χ3v) is 4.11. The molecule has 30 heavy (non-hydrogen) atoms. The molecule has 0 saturated carbocycles. The lowest BCUT2D eigenvalue weighted by molar-refractivity contribution is -0.137. The highest BCUT2D eigenvalue weighted by molar-refractivity contribution is 6.05. The molecule has 2 N–H and O–H groups in total. The number of halogens is 3. The smallest absolute Gasteiger partial charge is 0.416 e. The zero-order chi connectivity index (χ0) is 22.5. The Balaban J connectivity index is 2.29. The summed E-state index contributed by atoms with van der Waals surface area (Å²) in [4.78, 5) is 36.2. The maximum absolute atomic E-state index is 12.9. The van der Waals surface area contributed by atoms with Crippen molar-refractivity contribution in [3.8, 4) is 0 Å². The van der Waals surface area contributed by atoms with E-state index < -0.39 is 23.6 Å². The summed E-state index contributed by atoms with van der Waals surface area (Å²) >= 11 is 0. The summed E-state index contributed by atoms with van der Waals surface area (Å²) in [5.41, 5.74) is -0.341. The minimum absolute atomic E-state index is 0.0915. The van der Waals surface area contributed by atoms with Gasteiger partial charge in [0.1, 0.15) is 0 Å². The van der Waals surface area contributed by atoms with Gasteiger partial charge in [0, 0.05) is 23.7 Å². The number of anilines is 1. The highest BCUT2D eigenvalue weighted by Crippen LogP contribution is 2.29. The SMILES string of the molecule is COC(=O)c1cc(CNC(=O)C(C)C)cc(NC(=O)c2cccc(C(F)(F)F)c2)c1. The molecule has 0 aliphatic heterocycles. The first-order valence-electron chi connectivity index (χ1n) is 9.00. The second-order valence-electron chi connectivity index (χ2n) is 6.82. The standard InChI is InChI=1S/C21H21F3N2O4/c1-12(2)18(27)25-11-13-7-15(20(29)30-3)10-17(8-13)26-19(28)14-5-4-6-16(9-14)21(22,23)24/h4-10,12H,11H2,1-3H3,(H,25,27)(H,26,28). The van der Waals surface area contributed by atoms with Crippen LogP contribution in [0.15, 0.2) is 42.5 Å². The number of nitrogens with one attached hydrogen (secondary N) is 2. The van der Waals surface area contributed by atoms with Crippen LogP contribution in [0.5, 0.6) is 0 Å². The second-order valence-corrected chi connectivity index (χ2v) is 6.82. The van der Waals surface area contributed by atoms with E-state index in [2.05, 4.69) is 15.4 Å². The molecule has 0 unspecified atom stereocenters. The molecule has 2 aromatic rings. The molecule has 0 aromatic heterocycles. The topological polar surface area (TPSA) is 84.5 Å². The molecule has 0 spiro atoms. The van der Waals surface area contributed by atoms with Gasteiger partial charge in [0.2, 0.25) is 5.91 Å². The molecule has 2 rings (SSSR count). The third-order valence-electron chi connectivity index (χ3n) is 4.11. The van der Waals surface area contributed by atoms with Crippen molar-refractivity contribution >= 4 is 23.5 Å². The van der Waals surface area contributed by atoms with Gasteiger partial charge >= 0.3 is 12.1 Å². The summed E-state index contributed by atoms with van der Waals surface area (Å²) in [6, 6.07) is 8.33. The van der Waals surface area contributed by atoms with Crippen LogP contribution in [0.25, 0.3) is 0 Å². The van der Waals surface area contributed by atoms with Gasteiger partial charge in [-0.3, -0.25) is 9.59 Å². The average molecular weight is 422 g/mol. The van der Waals surface area contributed by atoms with Gasteiger partial charge in [-0.25, -0.2) is 4.79 Å². The Bertz CT molecular complexity index is 956. The Labute approximate surface area is 171 Å². The third kappa shape index (κ3) is 6.07. The lowest BCUT2D eigenvalue weighted by Crippen LogP contribution is -2.27. The van der Waals surface area contributed by atoms with Gasteiger partial charge in [0.25, 0.3) is 5.91 Å². The number of methoxy groups -OCH3 is 1. The molecule has 0 fully saturated rings. The predicted molar refractivity (Wildman–Crippen MR) is 104 cm³/mol. The molecule has 0 radical (unpaired) electrons. The fourth-order valence-corrected chi connectivity index (χ4v) is 2.54. The number of benzene rings is 2. The molecule has 0 saturated heterocycles. The van der Waals surface area contributed by atoms with Crippen LogP contribution in [-0.4, -0.2) is 24.9 Å². The second kappa shape index (κ2) is 9.43. The van der Waals surface area contributed by atoms with E-state index in [0.717, 1.165) is 18.2 Å². The van der Waals surface area contributed by atoms with E-state index in [9.17, 15) is 27.6 Å². The first kappa shape index (κ1) is 22.9. The Hall–Kier alpha value is -3.36. The van der Waals surface area contributed by atoms with Crippen molar-refractivity contribution in [1.82, 2.24) is 5.32 Å². The van der Waals surface area contributed by atoms with E-state index in [1.807, 2.05) is 0 Å². The maximum atomic E-state index is 12.9. The Morgan fingerprint density at radius 2 is 1.73 bits per heavy atom. The zero-order valence-corrected chi connectivity index (χ0v) is 16.6. The number of rotatable bonds is 6. The molecule has 160 valence electrons. The Morgan fingerprint density at radius 3 is 2.33 bits per heavy atom. The lowest BCUT2D eigenvalue weighted by Gasteiger charge is -2.13. The molecule has 0 aliphatic rings. The molecule has 0 atom stereocenters. The fraction of sp³-hybridized carbons (Fsp3) is 0.286. The summed E-state index contributed by atoms with van der Waals surface area (Å²) in [6.07, 6.45) is -4.58. The highest BCUT2D eigenvalue weighted by atomic mass is 19.4. The summed E-state index contributed by atoms with van der Waals surface area (Å²) in [7, 11) is 1.19. The Morgan fingerprint density at radius 1 is 1.03 bits per heavy atom. The molecule has 2 aromatic carbocycles. The number of amides is 2. The van der Waals surface area contributed by atoms with Gasteiger partial charge in [0.05, 0.1) is 18.2 Å². The van der Waals surface area contributed by atoms with Crippen molar-refractivity contribution < 1.29 is 32.3 Å². The molecule has 0 aliphatic carbocycles. The quantitative estimate of drug-likeness (QED) is 0.689. The monoisotopic (exact) mass is 422 g/mol. The van der Waals surface area contributed by atoms with E-state index in [1.54, 1.807) is 13.8 Å². The number of ether oxygens (including phenoxy) is 1. The minimum Gasteiger partial charge on any atom is -0.465 e. The largest absolute Gasteiger partial charge is 0.465 e. The van der Waals surface area contributed by atoms with Crippen LogP contribution in [0.4, 0.5) is 18.9 Å². The van der Waals surface area contributed by atoms with Gasteiger partial charge in [-0.15, -0.1) is 0 Å². The van der Waals surface area contributed by atoms with Crippen molar-refractivity contribution in [2.75, 3.05) is 12.4 Å². The molecular formula is C21H21F3N2O4. The van der Waals surface area contributed by atoms with Gasteiger partial charge in [-0.2, -0.15) is 13.2 Å². The summed E-state index contributed by atoms with van der Waals surface area (Å²) < 4.78 is 43.3. The van der Waals surface area contributed by atoms with Gasteiger partial charge in [-0.05, 0) is 42.0 Å². The van der Waals surface area contributed by atoms with Crippen LogP contribution in [0.2, 0.25) is 0 Å². The van der Waals surface area contributed by atoms with Gasteiger partial charge in [0.15, 0.2) is 0 Å². The number of carbonyl (C=O) groups is 3. The van der Waals surface area contributed by atoms with Crippen LogP contribution in [0.1, 0.15) is 45.7 Å². The number of esters is 1. The van der Waals surface area contributed by atoms with Crippen molar-refractivity contribution in [3.63, 3.8) is 0 Å². The van der Waals surface area contributed by atoms with Gasteiger partial charge in [-0.1, -0.05) is 19.9 Å². The fourth-order valence-electron chi connectivity index (χ4n) is 2.54. The van der Waals surface area contributed by atoms with Crippen molar-refractivity contribution in [3.05, 3.63) is 64.7 Å². The summed E-state index contributed by atoms with van der Waals surface area (Å²) in [6.45, 7) is 3.54. The van der Waals surface area contributed by atoms with E-state index >= 15 is 0 Å². The maximum Gasteiger partial charge on any atom is 0.416 e. The van der Waals surface area contributed by atoms with Crippen molar-refractivity contribution in [2.45, 2.75) is 26.6 Å². The number of carbonyl (C=O) groups excluding carboxylic acids is 3. The number of alkyl halides is 3. The van der Waals surface area contributed by atoms with E-state index in [1.165, 1.54) is 31.4 Å². The van der Waals surface area contributed by atoms with Crippen molar-refractivity contribution in [2.24, 2.45) is 5.92 Å². The Kier molecular flexibility index (Phi) is 7.20. The van der Waals surface area contributed by atoms with E-state index in [0.29, 0.717) is 5.56 Å². The van der Waals surface area contributed by atoms with Crippen LogP contribution >= 0.6 is 0 Å². The highest BCUT2D eigenvalue weighted by Gasteiger charge is 2.30. The number of hydrogen-bond acceptors (Lipinski definition) is 4. The lowest BCUT2D eigenvalue weighted by atomic mass is 10.1. The average Bonchev–Trinajstić information content (AvgIpc) is 2.70. The predicted octanol–water partition coefficient (Wildman–Crippen LogP) is 4.02. The molecular weight excluding hydrogens is 401 g/mol. The number of hydrogen-bond donors (Lipinski definition) is 2. The van der Waals surface area contributed by atoms with E-state index in [4.69, 9.17) is 0 Å². The van der Waals surface area contributed by atoms with Crippen molar-refractivity contribution in [1.29, 1.82) is 0 Å². The summed E-state index contributed by atoms with van der Waals surface area (Å²) in [5.74, 6) is -1.89. The molecule has 0 bridgehead atoms. The first-order chi connectivity index (χ1) is 14.0. The molecule has 9 heteroatoms.